The number of hydrogen-bond acceptors (Lipinski definition) is 6. The van der Waals surface area contributed by atoms with Crippen molar-refractivity contribution in [3.05, 3.63) is 41.9 Å². The summed E-state index contributed by atoms with van der Waals surface area (Å²) in [5.74, 6) is -0.509. The molecule has 0 saturated heterocycles. The summed E-state index contributed by atoms with van der Waals surface area (Å²) >= 11 is 1.31. The molecular weight excluding hydrogens is 288 g/mol. The maximum Gasteiger partial charge on any atom is 0.358 e. The van der Waals surface area contributed by atoms with Gasteiger partial charge in [-0.1, -0.05) is 6.07 Å². The molecule has 7 heteroatoms. The second-order valence-electron chi connectivity index (χ2n) is 4.40. The molecule has 106 valence electrons. The van der Waals surface area contributed by atoms with Crippen molar-refractivity contribution >= 4 is 28.8 Å². The van der Waals surface area contributed by atoms with E-state index in [-0.39, 0.29) is 5.69 Å². The van der Waals surface area contributed by atoms with E-state index in [0.29, 0.717) is 10.2 Å². The number of imidazole rings is 1. The van der Waals surface area contributed by atoms with Crippen molar-refractivity contribution in [3.8, 4) is 0 Å². The third-order valence-corrected chi connectivity index (χ3v) is 3.62. The van der Waals surface area contributed by atoms with E-state index in [1.807, 2.05) is 25.1 Å². The molecule has 0 saturated carbocycles. The Kier molecular flexibility index (Phi) is 3.57. The smallest absolute Gasteiger partial charge is 0.358 e. The number of H-pyrrole nitrogens is 1. The Hall–Kier alpha value is -2.41. The molecule has 0 atom stereocenters. The molecule has 0 unspecified atom stereocenters. The van der Waals surface area contributed by atoms with Gasteiger partial charge in [0.25, 0.3) is 0 Å². The number of rotatable bonds is 3. The van der Waals surface area contributed by atoms with Gasteiger partial charge < -0.3 is 9.72 Å². The second kappa shape index (κ2) is 5.53. The lowest BCUT2D eigenvalue weighted by atomic mass is 10.2. The van der Waals surface area contributed by atoms with Gasteiger partial charge in [0.15, 0.2) is 10.9 Å². The zero-order chi connectivity index (χ0) is 14.8. The summed E-state index contributed by atoms with van der Waals surface area (Å²) < 4.78 is 4.63. The molecule has 2 aromatic heterocycles. The SMILES string of the molecule is COC(=O)c1cncc(Sc2nc3ccc(C)cc3[nH]2)n1. The Morgan fingerprint density at radius 2 is 2.14 bits per heavy atom. The number of aryl methyl sites for hydroxylation is 1. The number of fused-ring (bicyclic) bond motifs is 1. The van der Waals surface area contributed by atoms with E-state index in [2.05, 4.69) is 24.7 Å². The largest absolute Gasteiger partial charge is 0.464 e. The second-order valence-corrected chi connectivity index (χ2v) is 5.41. The van der Waals surface area contributed by atoms with E-state index >= 15 is 0 Å². The van der Waals surface area contributed by atoms with Gasteiger partial charge in [0.2, 0.25) is 0 Å². The highest BCUT2D eigenvalue weighted by atomic mass is 32.2. The van der Waals surface area contributed by atoms with E-state index in [4.69, 9.17) is 0 Å². The molecule has 0 spiro atoms. The number of nitrogens with zero attached hydrogens (tertiary/aromatic N) is 3. The molecule has 0 amide bonds. The summed E-state index contributed by atoms with van der Waals surface area (Å²) in [6, 6.07) is 6.00. The molecule has 2 heterocycles. The Morgan fingerprint density at radius 1 is 1.29 bits per heavy atom. The van der Waals surface area contributed by atoms with Crippen LogP contribution in [0.3, 0.4) is 0 Å². The van der Waals surface area contributed by atoms with Crippen LogP contribution in [0.4, 0.5) is 0 Å². The van der Waals surface area contributed by atoms with E-state index in [9.17, 15) is 4.79 Å². The number of aromatic amines is 1. The molecule has 21 heavy (non-hydrogen) atoms. The highest BCUT2D eigenvalue weighted by Crippen LogP contribution is 2.25. The van der Waals surface area contributed by atoms with Gasteiger partial charge in [0.05, 0.1) is 30.5 Å². The summed E-state index contributed by atoms with van der Waals surface area (Å²) in [7, 11) is 1.31. The van der Waals surface area contributed by atoms with Crippen LogP contribution in [0, 0.1) is 6.92 Å². The Morgan fingerprint density at radius 3 is 2.95 bits per heavy atom. The molecule has 0 aliphatic heterocycles. The van der Waals surface area contributed by atoms with Gasteiger partial charge in [-0.25, -0.2) is 14.8 Å². The number of carbonyl (C=O) groups excluding carboxylic acids is 1. The van der Waals surface area contributed by atoms with Gasteiger partial charge in [0, 0.05) is 0 Å². The summed E-state index contributed by atoms with van der Waals surface area (Å²) in [5, 5.41) is 1.28. The molecule has 0 bridgehead atoms. The molecule has 0 aliphatic carbocycles. The standard InChI is InChI=1S/C14H12N4O2S/c1-8-3-4-9-10(5-8)18-14(17-9)21-12-7-15-6-11(16-12)13(19)20-2/h3-7H,1-2H3,(H,17,18). The molecule has 6 nitrogen and oxygen atoms in total. The first-order valence-corrected chi connectivity index (χ1v) is 7.02. The minimum Gasteiger partial charge on any atom is -0.464 e. The van der Waals surface area contributed by atoms with Gasteiger partial charge in [-0.05, 0) is 36.4 Å². The fourth-order valence-corrected chi connectivity index (χ4v) is 2.61. The lowest BCUT2D eigenvalue weighted by Crippen LogP contribution is -2.05. The number of hydrogen-bond donors (Lipinski definition) is 1. The fourth-order valence-electron chi connectivity index (χ4n) is 1.85. The summed E-state index contributed by atoms with van der Waals surface area (Å²) in [6.45, 7) is 2.03. The van der Waals surface area contributed by atoms with Crippen LogP contribution < -0.4 is 0 Å². The predicted octanol–water partition coefficient (Wildman–Crippen LogP) is 2.60. The molecule has 0 aliphatic rings. The van der Waals surface area contributed by atoms with Crippen molar-refractivity contribution in [2.24, 2.45) is 0 Å². The maximum atomic E-state index is 11.4. The lowest BCUT2D eigenvalue weighted by Gasteiger charge is -2.00. The van der Waals surface area contributed by atoms with Crippen molar-refractivity contribution in [2.75, 3.05) is 7.11 Å². The number of nitrogens with one attached hydrogen (secondary N) is 1. The number of aromatic nitrogens is 4. The fraction of sp³-hybridized carbons (Fsp3) is 0.143. The van der Waals surface area contributed by atoms with Crippen molar-refractivity contribution in [1.82, 2.24) is 19.9 Å². The molecular formula is C14H12N4O2S. The Bertz CT molecular complexity index is 816. The van der Waals surface area contributed by atoms with Crippen LogP contribution >= 0.6 is 11.8 Å². The van der Waals surface area contributed by atoms with Crippen LogP contribution in [-0.4, -0.2) is 33.0 Å². The highest BCUT2D eigenvalue weighted by Gasteiger charge is 2.11. The van der Waals surface area contributed by atoms with Crippen molar-refractivity contribution in [2.45, 2.75) is 17.1 Å². The van der Waals surface area contributed by atoms with Crippen molar-refractivity contribution < 1.29 is 9.53 Å². The van der Waals surface area contributed by atoms with Crippen LogP contribution in [0.2, 0.25) is 0 Å². The number of carbonyl (C=O) groups is 1. The summed E-state index contributed by atoms with van der Waals surface area (Å²) in [6.07, 6.45) is 2.95. The number of benzene rings is 1. The number of methoxy groups -OCH3 is 1. The first-order valence-electron chi connectivity index (χ1n) is 6.20. The summed E-state index contributed by atoms with van der Waals surface area (Å²) in [4.78, 5) is 27.3. The molecule has 3 aromatic rings. The average Bonchev–Trinajstić information content (AvgIpc) is 2.88. The Labute approximate surface area is 125 Å². The molecule has 1 aromatic carbocycles. The zero-order valence-corrected chi connectivity index (χ0v) is 12.3. The zero-order valence-electron chi connectivity index (χ0n) is 11.5. The molecule has 0 fully saturated rings. The van der Waals surface area contributed by atoms with E-state index in [1.54, 1.807) is 6.20 Å². The first-order chi connectivity index (χ1) is 10.2. The molecule has 3 rings (SSSR count). The van der Waals surface area contributed by atoms with E-state index in [1.165, 1.54) is 25.1 Å². The van der Waals surface area contributed by atoms with Gasteiger partial charge in [-0.15, -0.1) is 0 Å². The molecule has 1 N–H and O–H groups in total. The van der Waals surface area contributed by atoms with Crippen LogP contribution in [0.15, 0.2) is 40.8 Å². The van der Waals surface area contributed by atoms with Crippen LogP contribution in [0.1, 0.15) is 16.1 Å². The van der Waals surface area contributed by atoms with Gasteiger partial charge in [-0.3, -0.25) is 4.98 Å². The topological polar surface area (TPSA) is 80.8 Å². The van der Waals surface area contributed by atoms with Gasteiger partial charge in [-0.2, -0.15) is 0 Å². The number of ether oxygens (including phenoxy) is 1. The minimum atomic E-state index is -0.509. The highest BCUT2D eigenvalue weighted by molar-refractivity contribution is 7.99. The van der Waals surface area contributed by atoms with Crippen LogP contribution in [-0.2, 0) is 4.74 Å². The molecule has 0 radical (unpaired) electrons. The summed E-state index contributed by atoms with van der Waals surface area (Å²) in [5.41, 5.74) is 3.19. The predicted molar refractivity (Wildman–Crippen MR) is 78.3 cm³/mol. The van der Waals surface area contributed by atoms with E-state index < -0.39 is 5.97 Å². The van der Waals surface area contributed by atoms with Crippen molar-refractivity contribution in [1.29, 1.82) is 0 Å². The van der Waals surface area contributed by atoms with Crippen molar-refractivity contribution in [3.63, 3.8) is 0 Å². The quantitative estimate of drug-likeness (QED) is 0.749. The third kappa shape index (κ3) is 2.87. The third-order valence-electron chi connectivity index (χ3n) is 2.82. The van der Waals surface area contributed by atoms with Crippen LogP contribution in [0.5, 0.6) is 0 Å². The maximum absolute atomic E-state index is 11.4. The average molecular weight is 300 g/mol. The Balaban J connectivity index is 1.89. The van der Waals surface area contributed by atoms with E-state index in [0.717, 1.165) is 16.6 Å². The first kappa shape index (κ1) is 13.6. The monoisotopic (exact) mass is 300 g/mol. The number of esters is 1. The van der Waals surface area contributed by atoms with Gasteiger partial charge in [0.1, 0.15) is 5.03 Å². The minimum absolute atomic E-state index is 0.175. The lowest BCUT2D eigenvalue weighted by molar-refractivity contribution is 0.0592. The normalized spacial score (nSPS) is 10.8. The van der Waals surface area contributed by atoms with Gasteiger partial charge >= 0.3 is 5.97 Å². The van der Waals surface area contributed by atoms with Crippen LogP contribution in [0.25, 0.3) is 11.0 Å².